The van der Waals surface area contributed by atoms with Crippen LogP contribution < -0.4 is 5.32 Å². The van der Waals surface area contributed by atoms with Crippen LogP contribution in [0.4, 0.5) is 4.39 Å². The summed E-state index contributed by atoms with van der Waals surface area (Å²) in [5.74, 6) is -2.10. The van der Waals surface area contributed by atoms with Gasteiger partial charge in [-0.15, -0.1) is 6.58 Å². The normalized spacial score (nSPS) is 17.0. The summed E-state index contributed by atoms with van der Waals surface area (Å²) in [7, 11) is 0. The highest BCUT2D eigenvalue weighted by Gasteiger charge is 2.33. The summed E-state index contributed by atoms with van der Waals surface area (Å²) in [4.78, 5) is 25.4. The lowest BCUT2D eigenvalue weighted by atomic mass is 10.1. The van der Waals surface area contributed by atoms with Crippen LogP contribution in [0.1, 0.15) is 5.56 Å². The number of halogens is 3. The molecule has 2 amide bonds. The quantitative estimate of drug-likeness (QED) is 0.297. The molecule has 114 valence electrons. The number of hydrogen-bond acceptors (Lipinski definition) is 3. The van der Waals surface area contributed by atoms with Gasteiger partial charge in [0.05, 0.1) is 10.0 Å². The maximum absolute atomic E-state index is 13.9. The number of nitrogens with zero attached hydrogens (tertiary/aromatic N) is 1. The van der Waals surface area contributed by atoms with Crippen molar-refractivity contribution in [3.63, 3.8) is 0 Å². The molecule has 0 unspecified atom stereocenters. The van der Waals surface area contributed by atoms with E-state index >= 15 is 0 Å². The first-order chi connectivity index (χ1) is 10.4. The van der Waals surface area contributed by atoms with Crippen molar-refractivity contribution < 1.29 is 14.0 Å². The van der Waals surface area contributed by atoms with Crippen LogP contribution in [0.5, 0.6) is 0 Å². The molecule has 1 heterocycles. The van der Waals surface area contributed by atoms with Gasteiger partial charge in [0.2, 0.25) is 0 Å². The first-order valence-electron chi connectivity index (χ1n) is 6.00. The van der Waals surface area contributed by atoms with Crippen LogP contribution in [-0.4, -0.2) is 28.4 Å². The largest absolute Gasteiger partial charge is 0.298 e. The van der Waals surface area contributed by atoms with E-state index in [1.807, 2.05) is 0 Å². The number of carbonyl (C=O) groups excluding carboxylic acids is 2. The monoisotopic (exact) mass is 358 g/mol. The SMILES string of the molecule is C=CCN1C(=O)/C(=C/c2c(F)ccc(Cl)c2Cl)C(=O)NC1=S. The van der Waals surface area contributed by atoms with E-state index in [1.165, 1.54) is 12.1 Å². The molecule has 0 aromatic heterocycles. The molecule has 1 aromatic rings. The average molecular weight is 359 g/mol. The molecule has 1 N–H and O–H groups in total. The molecular formula is C14H9Cl2FN2O2S. The van der Waals surface area contributed by atoms with Gasteiger partial charge in [-0.25, -0.2) is 4.39 Å². The Kier molecular flexibility index (Phi) is 4.95. The van der Waals surface area contributed by atoms with E-state index < -0.39 is 17.6 Å². The van der Waals surface area contributed by atoms with Gasteiger partial charge in [-0.1, -0.05) is 29.3 Å². The fourth-order valence-electron chi connectivity index (χ4n) is 1.81. The van der Waals surface area contributed by atoms with E-state index in [2.05, 4.69) is 11.9 Å². The first-order valence-corrected chi connectivity index (χ1v) is 7.16. The van der Waals surface area contributed by atoms with E-state index in [4.69, 9.17) is 35.4 Å². The number of nitrogens with one attached hydrogen (secondary N) is 1. The Hall–Kier alpha value is -1.76. The minimum absolute atomic E-state index is 0.0373. The number of thiocarbonyl (C=S) groups is 1. The van der Waals surface area contributed by atoms with Crippen LogP contribution in [0.25, 0.3) is 6.08 Å². The van der Waals surface area contributed by atoms with Crippen molar-refractivity contribution in [1.29, 1.82) is 0 Å². The van der Waals surface area contributed by atoms with Gasteiger partial charge in [-0.2, -0.15) is 0 Å². The second kappa shape index (κ2) is 6.56. The fraction of sp³-hybridized carbons (Fsp3) is 0.0714. The minimum Gasteiger partial charge on any atom is -0.298 e. The highest BCUT2D eigenvalue weighted by atomic mass is 35.5. The van der Waals surface area contributed by atoms with Gasteiger partial charge < -0.3 is 0 Å². The van der Waals surface area contributed by atoms with E-state index in [1.54, 1.807) is 0 Å². The molecule has 8 heteroatoms. The van der Waals surface area contributed by atoms with E-state index in [9.17, 15) is 14.0 Å². The molecule has 0 bridgehead atoms. The Morgan fingerprint density at radius 2 is 2.05 bits per heavy atom. The first kappa shape index (κ1) is 16.6. The molecule has 0 radical (unpaired) electrons. The van der Waals surface area contributed by atoms with Crippen molar-refractivity contribution in [2.45, 2.75) is 0 Å². The summed E-state index contributed by atoms with van der Waals surface area (Å²) in [5, 5.41) is 2.34. The molecule has 0 saturated carbocycles. The minimum atomic E-state index is -0.731. The smallest absolute Gasteiger partial charge is 0.265 e. The molecule has 22 heavy (non-hydrogen) atoms. The number of carbonyl (C=O) groups is 2. The van der Waals surface area contributed by atoms with Crippen molar-refractivity contribution in [3.05, 3.63) is 51.8 Å². The maximum atomic E-state index is 13.9. The van der Waals surface area contributed by atoms with Gasteiger partial charge in [0.1, 0.15) is 11.4 Å². The lowest BCUT2D eigenvalue weighted by molar-refractivity contribution is -0.128. The molecule has 1 saturated heterocycles. The predicted octanol–water partition coefficient (Wildman–Crippen LogP) is 2.95. The number of hydrogen-bond donors (Lipinski definition) is 1. The summed E-state index contributed by atoms with van der Waals surface area (Å²) in [5.41, 5.74) is -0.433. The fourth-order valence-corrected chi connectivity index (χ4v) is 2.43. The van der Waals surface area contributed by atoms with E-state index in [0.717, 1.165) is 17.0 Å². The topological polar surface area (TPSA) is 49.4 Å². The average Bonchev–Trinajstić information content (AvgIpc) is 2.46. The molecule has 1 aliphatic heterocycles. The van der Waals surface area contributed by atoms with Gasteiger partial charge in [0.15, 0.2) is 5.11 Å². The van der Waals surface area contributed by atoms with Crippen molar-refractivity contribution in [2.24, 2.45) is 0 Å². The maximum Gasteiger partial charge on any atom is 0.265 e. The summed E-state index contributed by atoms with van der Waals surface area (Å²) >= 11 is 16.7. The zero-order valence-corrected chi connectivity index (χ0v) is 13.4. The summed E-state index contributed by atoms with van der Waals surface area (Å²) in [6.07, 6.45) is 2.51. The zero-order chi connectivity index (χ0) is 16.4. The van der Waals surface area contributed by atoms with E-state index in [-0.39, 0.29) is 32.8 Å². The summed E-state index contributed by atoms with van der Waals surface area (Å²) in [6, 6.07) is 2.38. The Balaban J connectivity index is 2.53. The van der Waals surface area contributed by atoms with Crippen LogP contribution in [0.2, 0.25) is 10.0 Å². The van der Waals surface area contributed by atoms with Crippen LogP contribution in [0.3, 0.4) is 0 Å². The van der Waals surface area contributed by atoms with Gasteiger partial charge >= 0.3 is 0 Å². The molecule has 0 spiro atoms. The standard InChI is InChI=1S/C14H9Cl2FN2O2S/c1-2-5-19-13(21)8(12(20)18-14(19)22)6-7-10(17)4-3-9(15)11(7)16/h2-4,6H,1,5H2,(H,18,20,22)/b8-6+. The molecule has 1 fully saturated rings. The van der Waals surface area contributed by atoms with Gasteiger partial charge in [-0.05, 0) is 30.4 Å². The van der Waals surface area contributed by atoms with Crippen LogP contribution in [0.15, 0.2) is 30.4 Å². The van der Waals surface area contributed by atoms with Crippen molar-refractivity contribution in [1.82, 2.24) is 10.2 Å². The predicted molar refractivity (Wildman–Crippen MR) is 87.0 cm³/mol. The molecule has 1 aromatic carbocycles. The molecule has 2 rings (SSSR count). The third-order valence-electron chi connectivity index (χ3n) is 2.87. The van der Waals surface area contributed by atoms with Crippen LogP contribution in [0, 0.1) is 5.82 Å². The van der Waals surface area contributed by atoms with Crippen molar-refractivity contribution in [3.8, 4) is 0 Å². The third kappa shape index (κ3) is 3.04. The van der Waals surface area contributed by atoms with Crippen LogP contribution in [-0.2, 0) is 9.59 Å². The summed E-state index contributed by atoms with van der Waals surface area (Å²) in [6.45, 7) is 3.62. The van der Waals surface area contributed by atoms with Gasteiger partial charge in [0.25, 0.3) is 11.8 Å². The highest BCUT2D eigenvalue weighted by molar-refractivity contribution is 7.80. The molecule has 0 atom stereocenters. The second-order valence-corrected chi connectivity index (χ2v) is 5.45. The second-order valence-electron chi connectivity index (χ2n) is 4.28. The number of benzene rings is 1. The Bertz CT molecular complexity index is 734. The lowest BCUT2D eigenvalue weighted by Crippen LogP contribution is -2.53. The Morgan fingerprint density at radius 1 is 1.36 bits per heavy atom. The Morgan fingerprint density at radius 3 is 2.68 bits per heavy atom. The molecule has 0 aliphatic carbocycles. The van der Waals surface area contributed by atoms with Gasteiger partial charge in [0, 0.05) is 12.1 Å². The number of amides is 2. The Labute approximate surface area is 141 Å². The van der Waals surface area contributed by atoms with E-state index in [0.29, 0.717) is 0 Å². The highest BCUT2D eigenvalue weighted by Crippen LogP contribution is 2.30. The van der Waals surface area contributed by atoms with Gasteiger partial charge in [-0.3, -0.25) is 19.8 Å². The number of rotatable bonds is 3. The van der Waals surface area contributed by atoms with Crippen molar-refractivity contribution in [2.75, 3.05) is 6.54 Å². The molecule has 4 nitrogen and oxygen atoms in total. The third-order valence-corrected chi connectivity index (χ3v) is 4.01. The lowest BCUT2D eigenvalue weighted by Gasteiger charge is -2.27. The summed E-state index contributed by atoms with van der Waals surface area (Å²) < 4.78 is 13.9. The zero-order valence-electron chi connectivity index (χ0n) is 11.0. The molecule has 1 aliphatic rings. The molecular weight excluding hydrogens is 350 g/mol. The van der Waals surface area contributed by atoms with Crippen molar-refractivity contribution >= 4 is 58.4 Å². The van der Waals surface area contributed by atoms with Crippen LogP contribution >= 0.6 is 35.4 Å².